The van der Waals surface area contributed by atoms with Gasteiger partial charge in [-0.1, -0.05) is 30.4 Å². The van der Waals surface area contributed by atoms with Gasteiger partial charge in [0.05, 0.1) is 23.2 Å². The first kappa shape index (κ1) is 15.4. The number of para-hydroxylation sites is 1. The fourth-order valence-electron chi connectivity index (χ4n) is 4.93. The SMILES string of the molecule is Cc1c(N2C(=O)[C@@H]3[C@H](C2=O)[C@H]2C=C[C@H]3C2)c(=O)n(-c2ccccc2)n1C. The van der Waals surface area contributed by atoms with E-state index in [0.29, 0.717) is 11.4 Å². The van der Waals surface area contributed by atoms with Crippen molar-refractivity contribution in [3.05, 3.63) is 58.5 Å². The number of fused-ring (bicyclic) bond motifs is 5. The maximum absolute atomic E-state index is 13.2. The molecule has 6 heteroatoms. The summed E-state index contributed by atoms with van der Waals surface area (Å²) in [7, 11) is 1.77. The zero-order valence-electron chi connectivity index (χ0n) is 14.6. The van der Waals surface area contributed by atoms with Gasteiger partial charge in [-0.3, -0.25) is 19.1 Å². The van der Waals surface area contributed by atoms with Crippen LogP contribution in [-0.4, -0.2) is 21.2 Å². The van der Waals surface area contributed by atoms with E-state index < -0.39 is 0 Å². The van der Waals surface area contributed by atoms with E-state index in [1.165, 1.54) is 9.58 Å². The van der Waals surface area contributed by atoms with Crippen LogP contribution in [0.25, 0.3) is 5.69 Å². The van der Waals surface area contributed by atoms with Crippen molar-refractivity contribution in [1.29, 1.82) is 0 Å². The summed E-state index contributed by atoms with van der Waals surface area (Å²) in [4.78, 5) is 40.5. The van der Waals surface area contributed by atoms with Gasteiger partial charge in [-0.25, -0.2) is 9.58 Å². The second kappa shape index (κ2) is 5.06. The van der Waals surface area contributed by atoms with Crippen LogP contribution in [0.4, 0.5) is 5.69 Å². The number of rotatable bonds is 2. The quantitative estimate of drug-likeness (QED) is 0.613. The van der Waals surface area contributed by atoms with Gasteiger partial charge in [-0.15, -0.1) is 0 Å². The minimum absolute atomic E-state index is 0.131. The highest BCUT2D eigenvalue weighted by Gasteiger charge is 2.60. The Morgan fingerprint density at radius 2 is 1.50 bits per heavy atom. The van der Waals surface area contributed by atoms with Gasteiger partial charge in [0.1, 0.15) is 5.69 Å². The first-order valence-electron chi connectivity index (χ1n) is 8.91. The molecule has 2 aliphatic carbocycles. The summed E-state index contributed by atoms with van der Waals surface area (Å²) >= 11 is 0. The number of amides is 2. The number of anilines is 1. The number of allylic oxidation sites excluding steroid dienone is 2. The van der Waals surface area contributed by atoms with Gasteiger partial charge in [0.25, 0.3) is 5.56 Å². The molecule has 2 heterocycles. The lowest BCUT2D eigenvalue weighted by Gasteiger charge is -2.15. The topological polar surface area (TPSA) is 64.3 Å². The highest BCUT2D eigenvalue weighted by atomic mass is 16.2. The molecule has 1 saturated carbocycles. The Labute approximate surface area is 150 Å². The average molecular weight is 349 g/mol. The molecule has 26 heavy (non-hydrogen) atoms. The molecule has 6 nitrogen and oxygen atoms in total. The lowest BCUT2D eigenvalue weighted by Crippen LogP contribution is -2.36. The van der Waals surface area contributed by atoms with Gasteiger partial charge in [0.2, 0.25) is 11.8 Å². The molecule has 3 aliphatic rings. The van der Waals surface area contributed by atoms with Gasteiger partial charge < -0.3 is 0 Å². The number of benzene rings is 1. The third-order valence-corrected chi connectivity index (χ3v) is 6.22. The number of imide groups is 1. The Kier molecular flexibility index (Phi) is 2.99. The number of aromatic nitrogens is 2. The minimum atomic E-state index is -0.335. The smallest absolute Gasteiger partial charge is 0.283 e. The number of hydrogen-bond donors (Lipinski definition) is 0. The summed E-state index contributed by atoms with van der Waals surface area (Å²) in [6.45, 7) is 1.78. The first-order chi connectivity index (χ1) is 12.5. The van der Waals surface area contributed by atoms with Crippen molar-refractivity contribution in [3.63, 3.8) is 0 Å². The standard InChI is InChI=1S/C20H19N3O3/c1-11-17(20(26)23(21(11)2)14-6-4-3-5-7-14)22-18(24)15-12-8-9-13(10-12)16(15)19(22)25/h3-9,12-13,15-16H,10H2,1-2H3/t12-,13-,15-,16+/m0/s1. The molecule has 5 rings (SSSR count). The van der Waals surface area contributed by atoms with Crippen LogP contribution < -0.4 is 10.5 Å². The van der Waals surface area contributed by atoms with Crippen LogP contribution in [0.2, 0.25) is 0 Å². The Balaban J connectivity index is 1.66. The number of nitrogens with zero attached hydrogens (tertiary/aromatic N) is 3. The number of carbonyl (C=O) groups is 2. The Bertz CT molecular complexity index is 1000. The third kappa shape index (κ3) is 1.74. The molecule has 0 unspecified atom stereocenters. The van der Waals surface area contributed by atoms with Crippen LogP contribution >= 0.6 is 0 Å². The van der Waals surface area contributed by atoms with Gasteiger partial charge in [-0.2, -0.15) is 0 Å². The van der Waals surface area contributed by atoms with E-state index >= 15 is 0 Å². The summed E-state index contributed by atoms with van der Waals surface area (Å²) in [6, 6.07) is 9.24. The molecule has 0 radical (unpaired) electrons. The van der Waals surface area contributed by atoms with Gasteiger partial charge in [-0.05, 0) is 37.3 Å². The molecule has 2 bridgehead atoms. The lowest BCUT2D eigenvalue weighted by molar-refractivity contribution is -0.123. The maximum Gasteiger partial charge on any atom is 0.296 e. The predicted octanol–water partition coefficient (Wildman–Crippen LogP) is 1.80. The zero-order valence-corrected chi connectivity index (χ0v) is 14.6. The van der Waals surface area contributed by atoms with Crippen molar-refractivity contribution in [2.45, 2.75) is 13.3 Å². The summed E-state index contributed by atoms with van der Waals surface area (Å²) in [6.07, 6.45) is 4.99. The highest BCUT2D eigenvalue weighted by molar-refractivity contribution is 6.23. The van der Waals surface area contributed by atoms with Crippen molar-refractivity contribution in [1.82, 2.24) is 9.36 Å². The molecule has 0 spiro atoms. The molecule has 1 aromatic carbocycles. The normalized spacial score (nSPS) is 29.1. The van der Waals surface area contributed by atoms with Crippen molar-refractivity contribution in [2.75, 3.05) is 4.90 Å². The molecule has 2 aromatic rings. The van der Waals surface area contributed by atoms with Crippen LogP contribution in [0.15, 0.2) is 47.3 Å². The van der Waals surface area contributed by atoms with E-state index in [1.54, 1.807) is 18.7 Å². The van der Waals surface area contributed by atoms with Crippen LogP contribution in [0.3, 0.4) is 0 Å². The molecule has 0 N–H and O–H groups in total. The maximum atomic E-state index is 13.2. The molecule has 2 fully saturated rings. The molecule has 2 amide bonds. The van der Waals surface area contributed by atoms with Crippen LogP contribution in [0, 0.1) is 30.6 Å². The molecule has 1 aliphatic heterocycles. The van der Waals surface area contributed by atoms with Crippen LogP contribution in [0.5, 0.6) is 0 Å². The first-order valence-corrected chi connectivity index (χ1v) is 8.91. The van der Waals surface area contributed by atoms with Crippen molar-refractivity contribution in [2.24, 2.45) is 30.7 Å². The Morgan fingerprint density at radius 3 is 2.08 bits per heavy atom. The summed E-state index contributed by atoms with van der Waals surface area (Å²) in [5.74, 6) is -0.785. The molecular weight excluding hydrogens is 330 g/mol. The molecule has 1 aromatic heterocycles. The second-order valence-electron chi connectivity index (χ2n) is 7.42. The molecule has 4 atom stereocenters. The van der Waals surface area contributed by atoms with Gasteiger partial charge in [0.15, 0.2) is 0 Å². The van der Waals surface area contributed by atoms with E-state index in [-0.39, 0.29) is 46.7 Å². The molecule has 132 valence electrons. The highest BCUT2D eigenvalue weighted by Crippen LogP contribution is 2.53. The molecule has 1 saturated heterocycles. The van der Waals surface area contributed by atoms with Crippen molar-refractivity contribution >= 4 is 17.5 Å². The van der Waals surface area contributed by atoms with Crippen LogP contribution in [-0.2, 0) is 16.6 Å². The average Bonchev–Trinajstić information content (AvgIpc) is 3.36. The fourth-order valence-corrected chi connectivity index (χ4v) is 4.93. The predicted molar refractivity (Wildman–Crippen MR) is 96.0 cm³/mol. The largest absolute Gasteiger partial charge is 0.296 e. The molecular formula is C20H19N3O3. The van der Waals surface area contributed by atoms with Crippen LogP contribution in [0.1, 0.15) is 12.1 Å². The Hall–Kier alpha value is -2.89. The van der Waals surface area contributed by atoms with Gasteiger partial charge in [0, 0.05) is 7.05 Å². The zero-order chi connectivity index (χ0) is 18.2. The second-order valence-corrected chi connectivity index (χ2v) is 7.42. The number of hydrogen-bond acceptors (Lipinski definition) is 3. The minimum Gasteiger partial charge on any atom is -0.283 e. The van der Waals surface area contributed by atoms with Gasteiger partial charge >= 0.3 is 0 Å². The Morgan fingerprint density at radius 1 is 0.923 bits per heavy atom. The van der Waals surface area contributed by atoms with E-state index in [9.17, 15) is 14.4 Å². The van der Waals surface area contributed by atoms with E-state index in [4.69, 9.17) is 0 Å². The monoisotopic (exact) mass is 349 g/mol. The fraction of sp³-hybridized carbons (Fsp3) is 0.350. The van der Waals surface area contributed by atoms with Crippen molar-refractivity contribution < 1.29 is 9.59 Å². The van der Waals surface area contributed by atoms with Crippen molar-refractivity contribution in [3.8, 4) is 5.69 Å². The third-order valence-electron chi connectivity index (χ3n) is 6.22. The number of carbonyl (C=O) groups excluding carboxylic acids is 2. The van der Waals surface area contributed by atoms with E-state index in [1.807, 2.05) is 30.3 Å². The van der Waals surface area contributed by atoms with E-state index in [2.05, 4.69) is 12.2 Å². The van der Waals surface area contributed by atoms with E-state index in [0.717, 1.165) is 6.42 Å². The summed E-state index contributed by atoms with van der Waals surface area (Å²) in [5, 5.41) is 0. The summed E-state index contributed by atoms with van der Waals surface area (Å²) < 4.78 is 3.21. The lowest BCUT2D eigenvalue weighted by atomic mass is 9.85. The summed E-state index contributed by atoms with van der Waals surface area (Å²) in [5.41, 5.74) is 1.18.